The van der Waals surface area contributed by atoms with Crippen LogP contribution in [0.25, 0.3) is 5.69 Å². The Morgan fingerprint density at radius 1 is 1.32 bits per heavy atom. The Hall–Kier alpha value is -3.03. The number of nitrogens with zero attached hydrogens (tertiary/aromatic N) is 3. The van der Waals surface area contributed by atoms with E-state index < -0.39 is 17.8 Å². The average Bonchev–Trinajstić information content (AvgIpc) is 2.55. The Morgan fingerprint density at radius 2 is 2.00 bits per heavy atom. The Kier molecular flexibility index (Phi) is 5.63. The van der Waals surface area contributed by atoms with E-state index in [1.54, 1.807) is 25.1 Å². The first-order valence-electron chi connectivity index (χ1n) is 7.33. The highest BCUT2D eigenvalue weighted by atomic mass is 19.3. The van der Waals surface area contributed by atoms with Crippen molar-refractivity contribution >= 4 is 5.78 Å². The van der Waals surface area contributed by atoms with Crippen LogP contribution in [0.3, 0.4) is 0 Å². The van der Waals surface area contributed by atoms with Crippen molar-refractivity contribution in [1.82, 2.24) is 14.7 Å². The Morgan fingerprint density at radius 3 is 2.64 bits per heavy atom. The molecule has 0 unspecified atom stereocenters. The van der Waals surface area contributed by atoms with Gasteiger partial charge in [0.25, 0.3) is 0 Å². The number of carbonyl (C=O) groups is 1. The molecular weight excluding hydrogens is 332 g/mol. The summed E-state index contributed by atoms with van der Waals surface area (Å²) in [6.45, 7) is -1.49. The van der Waals surface area contributed by atoms with Gasteiger partial charge in [-0.1, -0.05) is 12.1 Å². The van der Waals surface area contributed by atoms with Crippen LogP contribution in [0.15, 0.2) is 47.5 Å². The van der Waals surface area contributed by atoms with Gasteiger partial charge in [0.1, 0.15) is 5.69 Å². The van der Waals surface area contributed by atoms with E-state index >= 15 is 0 Å². The van der Waals surface area contributed by atoms with Gasteiger partial charge in [0, 0.05) is 38.1 Å². The monoisotopic (exact) mass is 349 g/mol. The second-order valence-corrected chi connectivity index (χ2v) is 5.42. The van der Waals surface area contributed by atoms with Crippen LogP contribution in [0.2, 0.25) is 0 Å². The quantitative estimate of drug-likeness (QED) is 0.592. The van der Waals surface area contributed by atoms with Crippen LogP contribution < -0.4 is 10.2 Å². The molecule has 0 aliphatic rings. The van der Waals surface area contributed by atoms with Gasteiger partial charge in [-0.3, -0.25) is 9.59 Å². The molecule has 1 aromatic carbocycles. The van der Waals surface area contributed by atoms with Gasteiger partial charge in [-0.2, -0.15) is 13.9 Å². The number of aryl methyl sites for hydroxylation is 1. The van der Waals surface area contributed by atoms with Crippen molar-refractivity contribution in [2.75, 3.05) is 14.1 Å². The summed E-state index contributed by atoms with van der Waals surface area (Å²) in [5.74, 6) is -0.696. The second kappa shape index (κ2) is 7.69. The topological polar surface area (TPSA) is 64.4 Å². The molecule has 0 radical (unpaired) electrons. The van der Waals surface area contributed by atoms with Crippen LogP contribution in [-0.4, -0.2) is 41.2 Å². The molecule has 0 saturated carbocycles. The molecule has 1 heterocycles. The van der Waals surface area contributed by atoms with Crippen molar-refractivity contribution < 1.29 is 18.3 Å². The zero-order valence-corrected chi connectivity index (χ0v) is 13.9. The van der Waals surface area contributed by atoms with E-state index in [1.807, 2.05) is 0 Å². The largest absolute Gasteiger partial charge is 0.433 e. The molecule has 8 heteroatoms. The maximum atomic E-state index is 12.6. The third-order valence-corrected chi connectivity index (χ3v) is 3.18. The minimum Gasteiger partial charge on any atom is -0.433 e. The van der Waals surface area contributed by atoms with Crippen LogP contribution in [0.4, 0.5) is 8.78 Å². The maximum Gasteiger partial charge on any atom is 0.387 e. The van der Waals surface area contributed by atoms with E-state index in [4.69, 9.17) is 0 Å². The summed E-state index contributed by atoms with van der Waals surface area (Å²) in [6, 6.07) is 5.99. The predicted molar refractivity (Wildman–Crippen MR) is 88.4 cm³/mol. The number of benzene rings is 1. The summed E-state index contributed by atoms with van der Waals surface area (Å²) in [4.78, 5) is 26.1. The Balaban J connectivity index is 2.55. The van der Waals surface area contributed by atoms with Gasteiger partial charge in [-0.15, -0.1) is 0 Å². The van der Waals surface area contributed by atoms with Crippen LogP contribution in [0.5, 0.6) is 5.75 Å². The fourth-order valence-corrected chi connectivity index (χ4v) is 2.03. The van der Waals surface area contributed by atoms with Crippen LogP contribution >= 0.6 is 0 Å². The van der Waals surface area contributed by atoms with Crippen molar-refractivity contribution in [2.45, 2.75) is 13.5 Å². The summed E-state index contributed by atoms with van der Waals surface area (Å²) in [7, 11) is 3.45. The summed E-state index contributed by atoms with van der Waals surface area (Å²) >= 11 is 0. The standard InChI is InChI=1S/C17H17F2N3O3/c1-11-10-22(12-6-4-5-7-14(12)25-17(18)19)20-15(16(11)24)13(23)8-9-21(2)3/h4-10,17H,1-3H3/b9-8+. The molecule has 2 aromatic rings. The van der Waals surface area contributed by atoms with E-state index in [1.165, 1.54) is 48.3 Å². The first-order valence-corrected chi connectivity index (χ1v) is 7.33. The van der Waals surface area contributed by atoms with Gasteiger partial charge in [-0.05, 0) is 19.1 Å². The normalized spacial score (nSPS) is 11.1. The van der Waals surface area contributed by atoms with Gasteiger partial charge in [-0.25, -0.2) is 4.68 Å². The fraction of sp³-hybridized carbons (Fsp3) is 0.235. The molecule has 0 aliphatic heterocycles. The molecule has 0 spiro atoms. The number of aromatic nitrogens is 2. The second-order valence-electron chi connectivity index (χ2n) is 5.42. The minimum absolute atomic E-state index is 0.115. The zero-order chi connectivity index (χ0) is 18.6. The van der Waals surface area contributed by atoms with Crippen molar-refractivity contribution in [1.29, 1.82) is 0 Å². The Labute approximate surface area is 142 Å². The molecule has 132 valence electrons. The van der Waals surface area contributed by atoms with Gasteiger partial charge >= 0.3 is 6.61 Å². The van der Waals surface area contributed by atoms with Crippen molar-refractivity contribution in [2.24, 2.45) is 0 Å². The van der Waals surface area contributed by atoms with Gasteiger partial charge in [0.05, 0.1) is 0 Å². The molecule has 0 aliphatic carbocycles. The molecular formula is C17H17F2N3O3. The predicted octanol–water partition coefficient (Wildman–Crippen LogP) is 2.40. The van der Waals surface area contributed by atoms with E-state index in [2.05, 4.69) is 9.84 Å². The van der Waals surface area contributed by atoms with E-state index in [0.29, 0.717) is 0 Å². The lowest BCUT2D eigenvalue weighted by atomic mass is 10.2. The molecule has 1 aromatic heterocycles. The van der Waals surface area contributed by atoms with E-state index in [-0.39, 0.29) is 22.7 Å². The molecule has 0 atom stereocenters. The summed E-state index contributed by atoms with van der Waals surface area (Å²) in [5.41, 5.74) is -0.373. The maximum absolute atomic E-state index is 12.6. The van der Waals surface area contributed by atoms with Crippen LogP contribution in [0.1, 0.15) is 16.1 Å². The molecule has 0 fully saturated rings. The first-order chi connectivity index (χ1) is 11.8. The number of hydrogen-bond donors (Lipinski definition) is 0. The molecule has 2 rings (SSSR count). The van der Waals surface area contributed by atoms with Crippen LogP contribution in [-0.2, 0) is 0 Å². The van der Waals surface area contributed by atoms with E-state index in [9.17, 15) is 18.4 Å². The average molecular weight is 349 g/mol. The summed E-state index contributed by atoms with van der Waals surface area (Å²) < 4.78 is 30.8. The lowest BCUT2D eigenvalue weighted by Gasteiger charge is -2.13. The minimum atomic E-state index is -3.01. The molecule has 25 heavy (non-hydrogen) atoms. The number of ketones is 1. The lowest BCUT2D eigenvalue weighted by molar-refractivity contribution is -0.0499. The first kappa shape index (κ1) is 18.3. The van der Waals surface area contributed by atoms with Gasteiger partial charge < -0.3 is 9.64 Å². The van der Waals surface area contributed by atoms with Crippen molar-refractivity contribution in [3.63, 3.8) is 0 Å². The highest BCUT2D eigenvalue weighted by Crippen LogP contribution is 2.23. The fourth-order valence-electron chi connectivity index (χ4n) is 2.03. The number of rotatable bonds is 6. The molecule has 0 amide bonds. The number of allylic oxidation sites excluding steroid dienone is 1. The van der Waals surface area contributed by atoms with Crippen molar-refractivity contribution in [3.05, 3.63) is 64.2 Å². The molecule has 0 saturated heterocycles. The number of alkyl halides is 2. The number of ether oxygens (including phenoxy) is 1. The third-order valence-electron chi connectivity index (χ3n) is 3.18. The highest BCUT2D eigenvalue weighted by molar-refractivity contribution is 6.02. The molecule has 6 nitrogen and oxygen atoms in total. The van der Waals surface area contributed by atoms with Gasteiger partial charge in [0.15, 0.2) is 11.4 Å². The molecule has 0 bridgehead atoms. The highest BCUT2D eigenvalue weighted by Gasteiger charge is 2.16. The Bertz CT molecular complexity index is 860. The number of para-hydroxylation sites is 2. The van der Waals surface area contributed by atoms with Gasteiger partial charge in [0.2, 0.25) is 11.2 Å². The third kappa shape index (κ3) is 4.50. The molecule has 0 N–H and O–H groups in total. The summed E-state index contributed by atoms with van der Waals surface area (Å²) in [6.07, 6.45) is 4.07. The van der Waals surface area contributed by atoms with E-state index in [0.717, 1.165) is 0 Å². The number of halogens is 2. The van der Waals surface area contributed by atoms with Crippen LogP contribution in [0, 0.1) is 6.92 Å². The summed E-state index contributed by atoms with van der Waals surface area (Å²) in [5, 5.41) is 4.01. The SMILES string of the molecule is Cc1cn(-c2ccccc2OC(F)F)nc(C(=O)/C=C/N(C)C)c1=O. The number of hydrogen-bond acceptors (Lipinski definition) is 5. The van der Waals surface area contributed by atoms with Crippen molar-refractivity contribution in [3.8, 4) is 11.4 Å². The lowest BCUT2D eigenvalue weighted by Crippen LogP contribution is -2.23. The smallest absolute Gasteiger partial charge is 0.387 e. The number of carbonyl (C=O) groups excluding carboxylic acids is 1. The zero-order valence-electron chi connectivity index (χ0n) is 13.9.